The average molecular weight is 264 g/mol. The van der Waals surface area contributed by atoms with Crippen molar-refractivity contribution in [3.8, 4) is 0 Å². The quantitative estimate of drug-likeness (QED) is 0.901. The molecule has 1 heterocycles. The van der Waals surface area contributed by atoms with Gasteiger partial charge in [-0.2, -0.15) is 0 Å². The van der Waals surface area contributed by atoms with Crippen molar-refractivity contribution in [3.05, 3.63) is 60.2 Å². The van der Waals surface area contributed by atoms with Crippen molar-refractivity contribution < 1.29 is 0 Å². The van der Waals surface area contributed by atoms with Gasteiger partial charge in [0.25, 0.3) is 0 Å². The lowest BCUT2D eigenvalue weighted by Gasteiger charge is -2.17. The molecule has 0 amide bonds. The first-order valence-electron chi connectivity index (χ1n) is 5.93. The summed E-state index contributed by atoms with van der Waals surface area (Å²) in [6.45, 7) is 3.06. The van der Waals surface area contributed by atoms with Gasteiger partial charge in [0, 0.05) is 31.1 Å². The van der Waals surface area contributed by atoms with Crippen molar-refractivity contribution in [3.63, 3.8) is 0 Å². The molecule has 96 valence electrons. The van der Waals surface area contributed by atoms with Crippen LogP contribution < -0.4 is 5.32 Å². The number of hydrogen-bond acceptors (Lipinski definition) is 3. The first kappa shape index (κ1) is 14.6. The first-order valence-corrected chi connectivity index (χ1v) is 5.93. The van der Waals surface area contributed by atoms with Gasteiger partial charge in [0.05, 0.1) is 5.69 Å². The van der Waals surface area contributed by atoms with Crippen LogP contribution in [0.4, 0.5) is 0 Å². The molecule has 0 bridgehead atoms. The molecule has 0 aliphatic heterocycles. The fraction of sp³-hybridized carbons (Fsp3) is 0.286. The van der Waals surface area contributed by atoms with Crippen molar-refractivity contribution in [1.29, 1.82) is 0 Å². The summed E-state index contributed by atoms with van der Waals surface area (Å²) < 4.78 is 0. The van der Waals surface area contributed by atoms with E-state index in [4.69, 9.17) is 0 Å². The molecule has 0 spiro atoms. The summed E-state index contributed by atoms with van der Waals surface area (Å²) in [4.78, 5) is 8.43. The molecule has 1 atom stereocenters. The number of aromatic nitrogens is 2. The molecule has 0 radical (unpaired) electrons. The zero-order valence-corrected chi connectivity index (χ0v) is 11.2. The Bertz CT molecular complexity index is 433. The van der Waals surface area contributed by atoms with Crippen molar-refractivity contribution in [2.45, 2.75) is 19.4 Å². The van der Waals surface area contributed by atoms with E-state index in [-0.39, 0.29) is 12.4 Å². The minimum absolute atomic E-state index is 0. The molecular weight excluding hydrogens is 246 g/mol. The van der Waals surface area contributed by atoms with Crippen LogP contribution in [-0.4, -0.2) is 16.5 Å². The molecule has 0 fully saturated rings. The largest absolute Gasteiger partial charge is 0.310 e. The van der Waals surface area contributed by atoms with Crippen LogP contribution in [0, 0.1) is 0 Å². The Morgan fingerprint density at radius 3 is 2.56 bits per heavy atom. The Hall–Kier alpha value is -1.45. The highest BCUT2D eigenvalue weighted by Crippen LogP contribution is 2.16. The third-order valence-corrected chi connectivity index (χ3v) is 2.68. The molecule has 4 heteroatoms. The monoisotopic (exact) mass is 263 g/mol. The van der Waals surface area contributed by atoms with Crippen molar-refractivity contribution in [2.24, 2.45) is 0 Å². The number of hydrogen-bond donors (Lipinski definition) is 1. The number of rotatable bonds is 5. The van der Waals surface area contributed by atoms with E-state index in [1.54, 1.807) is 12.4 Å². The molecule has 0 saturated heterocycles. The Morgan fingerprint density at radius 1 is 1.17 bits per heavy atom. The highest BCUT2D eigenvalue weighted by Gasteiger charge is 2.11. The van der Waals surface area contributed by atoms with Gasteiger partial charge in [-0.15, -0.1) is 12.4 Å². The third-order valence-electron chi connectivity index (χ3n) is 2.68. The standard InChI is InChI=1S/C14H17N3.ClH/c1-2-16-14(12-6-4-3-5-7-12)10-13-11-15-8-9-17-13;/h3-9,11,14,16H,2,10H2,1H3;1H. The number of benzene rings is 1. The summed E-state index contributed by atoms with van der Waals surface area (Å²) in [5.74, 6) is 0. The average Bonchev–Trinajstić information content (AvgIpc) is 2.40. The molecule has 2 aromatic rings. The smallest absolute Gasteiger partial charge is 0.0605 e. The summed E-state index contributed by atoms with van der Waals surface area (Å²) in [6, 6.07) is 10.8. The second kappa shape index (κ2) is 7.80. The maximum atomic E-state index is 4.32. The fourth-order valence-corrected chi connectivity index (χ4v) is 1.88. The molecule has 1 N–H and O–H groups in total. The Labute approximate surface area is 114 Å². The lowest BCUT2D eigenvalue weighted by atomic mass is 10.0. The minimum atomic E-state index is 0. The van der Waals surface area contributed by atoms with Gasteiger partial charge < -0.3 is 5.32 Å². The summed E-state index contributed by atoms with van der Waals surface area (Å²) >= 11 is 0. The van der Waals surface area contributed by atoms with Crippen LogP contribution in [-0.2, 0) is 6.42 Å². The van der Waals surface area contributed by atoms with E-state index >= 15 is 0 Å². The zero-order valence-electron chi connectivity index (χ0n) is 10.4. The molecule has 0 saturated carbocycles. The SMILES string of the molecule is CCNC(Cc1cnccn1)c1ccccc1.Cl. The van der Waals surface area contributed by atoms with E-state index in [0.717, 1.165) is 18.7 Å². The van der Waals surface area contributed by atoms with E-state index in [2.05, 4.69) is 46.5 Å². The summed E-state index contributed by atoms with van der Waals surface area (Å²) in [5.41, 5.74) is 2.31. The number of nitrogens with zero attached hydrogens (tertiary/aromatic N) is 2. The third kappa shape index (κ3) is 4.09. The van der Waals surface area contributed by atoms with Crippen molar-refractivity contribution in [2.75, 3.05) is 6.54 Å². The lowest BCUT2D eigenvalue weighted by molar-refractivity contribution is 0.543. The summed E-state index contributed by atoms with van der Waals surface area (Å²) in [6.07, 6.45) is 6.14. The topological polar surface area (TPSA) is 37.8 Å². The number of likely N-dealkylation sites (N-methyl/N-ethyl adjacent to an activating group) is 1. The van der Waals surface area contributed by atoms with E-state index in [1.165, 1.54) is 5.56 Å². The highest BCUT2D eigenvalue weighted by molar-refractivity contribution is 5.85. The lowest BCUT2D eigenvalue weighted by Crippen LogP contribution is -2.23. The zero-order chi connectivity index (χ0) is 11.9. The molecule has 2 rings (SSSR count). The van der Waals surface area contributed by atoms with Gasteiger partial charge in [-0.1, -0.05) is 37.3 Å². The summed E-state index contributed by atoms with van der Waals surface area (Å²) in [7, 11) is 0. The molecule has 1 aromatic carbocycles. The van der Waals surface area contributed by atoms with Crippen LogP contribution in [0.25, 0.3) is 0 Å². The van der Waals surface area contributed by atoms with Crippen LogP contribution in [0.5, 0.6) is 0 Å². The van der Waals surface area contributed by atoms with E-state index in [0.29, 0.717) is 6.04 Å². The maximum Gasteiger partial charge on any atom is 0.0605 e. The van der Waals surface area contributed by atoms with Gasteiger partial charge in [0.15, 0.2) is 0 Å². The van der Waals surface area contributed by atoms with Gasteiger partial charge in [-0.05, 0) is 12.1 Å². The van der Waals surface area contributed by atoms with Crippen LogP contribution in [0.1, 0.15) is 24.2 Å². The Kier molecular flexibility index (Phi) is 6.33. The van der Waals surface area contributed by atoms with E-state index in [1.807, 2.05) is 12.3 Å². The van der Waals surface area contributed by atoms with Crippen LogP contribution >= 0.6 is 12.4 Å². The molecular formula is C14H18ClN3. The minimum Gasteiger partial charge on any atom is -0.310 e. The number of halogens is 1. The predicted octanol–water partition coefficient (Wildman–Crippen LogP) is 2.79. The van der Waals surface area contributed by atoms with Gasteiger partial charge in [0.2, 0.25) is 0 Å². The van der Waals surface area contributed by atoms with Gasteiger partial charge >= 0.3 is 0 Å². The van der Waals surface area contributed by atoms with Gasteiger partial charge in [-0.3, -0.25) is 9.97 Å². The molecule has 18 heavy (non-hydrogen) atoms. The highest BCUT2D eigenvalue weighted by atomic mass is 35.5. The van der Waals surface area contributed by atoms with Gasteiger partial charge in [0.1, 0.15) is 0 Å². The molecule has 0 aliphatic carbocycles. The van der Waals surface area contributed by atoms with E-state index in [9.17, 15) is 0 Å². The summed E-state index contributed by atoms with van der Waals surface area (Å²) in [5, 5.41) is 3.48. The fourth-order valence-electron chi connectivity index (χ4n) is 1.88. The number of nitrogens with one attached hydrogen (secondary N) is 1. The Balaban J connectivity index is 0.00000162. The van der Waals surface area contributed by atoms with Crippen LogP contribution in [0.3, 0.4) is 0 Å². The molecule has 3 nitrogen and oxygen atoms in total. The van der Waals surface area contributed by atoms with Crippen molar-refractivity contribution in [1.82, 2.24) is 15.3 Å². The molecule has 1 unspecified atom stereocenters. The normalized spacial score (nSPS) is 11.6. The predicted molar refractivity (Wildman–Crippen MR) is 75.8 cm³/mol. The second-order valence-corrected chi connectivity index (χ2v) is 3.92. The Morgan fingerprint density at radius 2 is 1.94 bits per heavy atom. The maximum absolute atomic E-state index is 4.32. The molecule has 0 aliphatic rings. The van der Waals surface area contributed by atoms with Gasteiger partial charge in [-0.25, -0.2) is 0 Å². The van der Waals surface area contributed by atoms with Crippen LogP contribution in [0.2, 0.25) is 0 Å². The second-order valence-electron chi connectivity index (χ2n) is 3.92. The van der Waals surface area contributed by atoms with Crippen LogP contribution in [0.15, 0.2) is 48.9 Å². The molecule has 1 aromatic heterocycles. The van der Waals surface area contributed by atoms with Crippen molar-refractivity contribution >= 4 is 12.4 Å². The van der Waals surface area contributed by atoms with E-state index < -0.39 is 0 Å². The first-order chi connectivity index (χ1) is 8.40.